The average Bonchev–Trinajstić information content (AvgIpc) is 2.48. The van der Waals surface area contributed by atoms with Gasteiger partial charge in [0.15, 0.2) is 5.69 Å². The van der Waals surface area contributed by atoms with Crippen LogP contribution in [0.15, 0.2) is 36.4 Å². The molecular formula is C15H14N4O. The summed E-state index contributed by atoms with van der Waals surface area (Å²) in [6.07, 6.45) is 0. The number of carbonyl (C=O) groups excluding carboxylic acids is 1. The van der Waals surface area contributed by atoms with Crippen LogP contribution in [0.4, 0.5) is 5.69 Å². The fourth-order valence-corrected chi connectivity index (χ4v) is 1.59. The molecule has 0 atom stereocenters. The van der Waals surface area contributed by atoms with Crippen LogP contribution in [0.2, 0.25) is 0 Å². The van der Waals surface area contributed by atoms with Crippen molar-refractivity contribution in [3.05, 3.63) is 53.3 Å². The van der Waals surface area contributed by atoms with E-state index in [1.54, 1.807) is 36.4 Å². The van der Waals surface area contributed by atoms with Crippen LogP contribution >= 0.6 is 0 Å². The van der Waals surface area contributed by atoms with Gasteiger partial charge < -0.3 is 5.32 Å². The second-order valence-electron chi connectivity index (χ2n) is 4.64. The lowest BCUT2D eigenvalue weighted by Gasteiger charge is -2.06. The number of hydrogen-bond donors (Lipinski definition) is 1. The lowest BCUT2D eigenvalue weighted by Crippen LogP contribution is -2.14. The molecule has 0 saturated carbocycles. The first kappa shape index (κ1) is 13.7. The minimum absolute atomic E-state index is 0.263. The van der Waals surface area contributed by atoms with Gasteiger partial charge in [-0.25, -0.2) is 0 Å². The number of hydrogen-bond acceptors (Lipinski definition) is 4. The SMILES string of the molecule is CC(C)c1ccc(C(=O)Nc2ccc(C#N)cc2)nn1. The molecule has 1 heterocycles. The van der Waals surface area contributed by atoms with Crippen LogP contribution in [0, 0.1) is 11.3 Å². The molecule has 2 aromatic rings. The Morgan fingerprint density at radius 3 is 2.35 bits per heavy atom. The van der Waals surface area contributed by atoms with Crippen LogP contribution in [0.5, 0.6) is 0 Å². The molecule has 1 amide bonds. The highest BCUT2D eigenvalue weighted by Gasteiger charge is 2.09. The molecule has 0 aliphatic rings. The second-order valence-corrected chi connectivity index (χ2v) is 4.64. The Kier molecular flexibility index (Phi) is 4.06. The predicted molar refractivity (Wildman–Crippen MR) is 75.2 cm³/mol. The first-order valence-electron chi connectivity index (χ1n) is 6.25. The Morgan fingerprint density at radius 1 is 1.15 bits per heavy atom. The van der Waals surface area contributed by atoms with E-state index in [0.29, 0.717) is 11.3 Å². The molecule has 1 aromatic heterocycles. The highest BCUT2D eigenvalue weighted by atomic mass is 16.1. The number of anilines is 1. The van der Waals surface area contributed by atoms with Gasteiger partial charge in [0, 0.05) is 5.69 Å². The van der Waals surface area contributed by atoms with E-state index in [1.165, 1.54) is 0 Å². The molecule has 20 heavy (non-hydrogen) atoms. The van der Waals surface area contributed by atoms with Crippen molar-refractivity contribution in [2.45, 2.75) is 19.8 Å². The lowest BCUT2D eigenvalue weighted by molar-refractivity contribution is 0.102. The summed E-state index contributed by atoms with van der Waals surface area (Å²) in [5.41, 5.74) is 2.27. The van der Waals surface area contributed by atoms with E-state index in [1.807, 2.05) is 19.9 Å². The molecule has 0 bridgehead atoms. The fourth-order valence-electron chi connectivity index (χ4n) is 1.59. The van der Waals surface area contributed by atoms with E-state index in [2.05, 4.69) is 15.5 Å². The van der Waals surface area contributed by atoms with Gasteiger partial charge in [-0.15, -0.1) is 5.10 Å². The third kappa shape index (κ3) is 3.18. The number of nitrogens with zero attached hydrogens (tertiary/aromatic N) is 3. The van der Waals surface area contributed by atoms with Crippen molar-refractivity contribution >= 4 is 11.6 Å². The van der Waals surface area contributed by atoms with Gasteiger partial charge in [-0.3, -0.25) is 4.79 Å². The van der Waals surface area contributed by atoms with Gasteiger partial charge >= 0.3 is 0 Å². The molecule has 0 aliphatic heterocycles. The molecule has 1 aromatic carbocycles. The highest BCUT2D eigenvalue weighted by molar-refractivity contribution is 6.02. The van der Waals surface area contributed by atoms with Crippen LogP contribution in [0.25, 0.3) is 0 Å². The Balaban J connectivity index is 2.09. The van der Waals surface area contributed by atoms with Gasteiger partial charge in [-0.1, -0.05) is 13.8 Å². The van der Waals surface area contributed by atoms with Crippen molar-refractivity contribution < 1.29 is 4.79 Å². The van der Waals surface area contributed by atoms with Crippen molar-refractivity contribution in [1.82, 2.24) is 10.2 Å². The van der Waals surface area contributed by atoms with Crippen LogP contribution in [-0.2, 0) is 0 Å². The molecule has 2 rings (SSSR count). The topological polar surface area (TPSA) is 78.7 Å². The van der Waals surface area contributed by atoms with Gasteiger partial charge in [-0.2, -0.15) is 10.4 Å². The van der Waals surface area contributed by atoms with Gasteiger partial charge in [0.2, 0.25) is 0 Å². The molecule has 5 nitrogen and oxygen atoms in total. The highest BCUT2D eigenvalue weighted by Crippen LogP contribution is 2.12. The summed E-state index contributed by atoms with van der Waals surface area (Å²) in [6.45, 7) is 4.03. The number of benzene rings is 1. The quantitative estimate of drug-likeness (QED) is 0.926. The first-order valence-corrected chi connectivity index (χ1v) is 6.25. The molecule has 0 fully saturated rings. The zero-order valence-corrected chi connectivity index (χ0v) is 11.3. The number of nitrogens with one attached hydrogen (secondary N) is 1. The first-order chi connectivity index (χ1) is 9.60. The summed E-state index contributed by atoms with van der Waals surface area (Å²) in [4.78, 5) is 12.0. The van der Waals surface area contributed by atoms with Crippen LogP contribution in [-0.4, -0.2) is 16.1 Å². The average molecular weight is 266 g/mol. The molecule has 0 saturated heterocycles. The summed E-state index contributed by atoms with van der Waals surface area (Å²) < 4.78 is 0. The monoisotopic (exact) mass is 266 g/mol. The summed E-state index contributed by atoms with van der Waals surface area (Å²) >= 11 is 0. The van der Waals surface area contributed by atoms with Crippen molar-refractivity contribution in [3.63, 3.8) is 0 Å². The molecule has 1 N–H and O–H groups in total. The zero-order chi connectivity index (χ0) is 14.5. The Labute approximate surface area is 117 Å². The van der Waals surface area contributed by atoms with Crippen molar-refractivity contribution in [2.75, 3.05) is 5.32 Å². The second kappa shape index (κ2) is 5.93. The van der Waals surface area contributed by atoms with Gasteiger partial charge in [-0.05, 0) is 42.3 Å². The maximum Gasteiger partial charge on any atom is 0.276 e. The minimum atomic E-state index is -0.322. The van der Waals surface area contributed by atoms with Crippen LogP contribution in [0.1, 0.15) is 41.5 Å². The molecule has 5 heteroatoms. The number of aromatic nitrogens is 2. The van der Waals surface area contributed by atoms with Gasteiger partial charge in [0.1, 0.15) is 0 Å². The molecular weight excluding hydrogens is 252 g/mol. The number of nitriles is 1. The van der Waals surface area contributed by atoms with E-state index in [9.17, 15) is 4.79 Å². The van der Waals surface area contributed by atoms with Crippen LogP contribution < -0.4 is 5.32 Å². The summed E-state index contributed by atoms with van der Waals surface area (Å²) in [6, 6.07) is 12.1. The number of amides is 1. The normalized spacial score (nSPS) is 10.1. The maximum absolute atomic E-state index is 12.0. The van der Waals surface area contributed by atoms with Crippen molar-refractivity contribution in [3.8, 4) is 6.07 Å². The van der Waals surface area contributed by atoms with E-state index in [0.717, 1.165) is 5.69 Å². The van der Waals surface area contributed by atoms with Gasteiger partial charge in [0.05, 0.1) is 17.3 Å². The Hall–Kier alpha value is -2.74. The van der Waals surface area contributed by atoms with Gasteiger partial charge in [0.25, 0.3) is 5.91 Å². The smallest absolute Gasteiger partial charge is 0.276 e. The van der Waals surface area contributed by atoms with Crippen LogP contribution in [0.3, 0.4) is 0 Å². The molecule has 0 aliphatic carbocycles. The van der Waals surface area contributed by atoms with Crippen molar-refractivity contribution in [1.29, 1.82) is 5.26 Å². The number of carbonyl (C=O) groups is 1. The summed E-state index contributed by atoms with van der Waals surface area (Å²) in [5, 5.41) is 19.3. The molecule has 0 spiro atoms. The third-order valence-electron chi connectivity index (χ3n) is 2.78. The van der Waals surface area contributed by atoms with E-state index < -0.39 is 0 Å². The lowest BCUT2D eigenvalue weighted by atomic mass is 10.1. The summed E-state index contributed by atoms with van der Waals surface area (Å²) in [5.74, 6) is -0.0457. The van der Waals surface area contributed by atoms with E-state index in [-0.39, 0.29) is 17.5 Å². The molecule has 0 unspecified atom stereocenters. The summed E-state index contributed by atoms with van der Waals surface area (Å²) in [7, 11) is 0. The fraction of sp³-hybridized carbons (Fsp3) is 0.200. The van der Waals surface area contributed by atoms with E-state index >= 15 is 0 Å². The molecule has 100 valence electrons. The standard InChI is InChI=1S/C15H14N4O/c1-10(2)13-7-8-14(19-18-13)15(20)17-12-5-3-11(9-16)4-6-12/h3-8,10H,1-2H3,(H,17,20). The Bertz CT molecular complexity index is 639. The third-order valence-corrected chi connectivity index (χ3v) is 2.78. The van der Waals surface area contributed by atoms with Crippen molar-refractivity contribution in [2.24, 2.45) is 0 Å². The maximum atomic E-state index is 12.0. The predicted octanol–water partition coefficient (Wildman–Crippen LogP) is 2.72. The largest absolute Gasteiger partial charge is 0.321 e. The zero-order valence-electron chi connectivity index (χ0n) is 11.3. The minimum Gasteiger partial charge on any atom is -0.321 e. The number of rotatable bonds is 3. The molecule has 0 radical (unpaired) electrons. The van der Waals surface area contributed by atoms with E-state index in [4.69, 9.17) is 5.26 Å². The Morgan fingerprint density at radius 2 is 1.85 bits per heavy atom.